The molecule has 0 saturated heterocycles. The Hall–Kier alpha value is -4.25. The number of hydrogen-bond acceptors (Lipinski definition) is 5. The monoisotopic (exact) mass is 462 g/mol. The van der Waals surface area contributed by atoms with E-state index in [1.54, 1.807) is 0 Å². The quantitative estimate of drug-likeness (QED) is 0.329. The third-order valence-electron chi connectivity index (χ3n) is 6.89. The van der Waals surface area contributed by atoms with Crippen molar-refractivity contribution in [3.8, 4) is 11.5 Å². The summed E-state index contributed by atoms with van der Waals surface area (Å²) in [5.41, 5.74) is 4.92. The summed E-state index contributed by atoms with van der Waals surface area (Å²) >= 11 is 0. The summed E-state index contributed by atoms with van der Waals surface area (Å²) in [7, 11) is 0. The summed E-state index contributed by atoms with van der Waals surface area (Å²) in [6.07, 6.45) is 0. The van der Waals surface area contributed by atoms with Gasteiger partial charge in [-0.25, -0.2) is 4.79 Å². The molecule has 0 unspecified atom stereocenters. The molecule has 35 heavy (non-hydrogen) atoms. The number of para-hydroxylation sites is 1. The van der Waals surface area contributed by atoms with E-state index in [1.165, 1.54) is 0 Å². The van der Waals surface area contributed by atoms with E-state index in [0.717, 1.165) is 46.8 Å². The normalized spacial score (nSPS) is 17.1. The molecule has 1 spiro atoms. The van der Waals surface area contributed by atoms with Gasteiger partial charge in [0, 0.05) is 52.9 Å². The van der Waals surface area contributed by atoms with E-state index in [4.69, 9.17) is 9.47 Å². The van der Waals surface area contributed by atoms with Gasteiger partial charge in [0.2, 0.25) is 0 Å². The highest BCUT2D eigenvalue weighted by Crippen LogP contribution is 2.57. The van der Waals surface area contributed by atoms with E-state index in [-0.39, 0.29) is 5.97 Å². The largest absolute Gasteiger partial charge is 0.456 e. The first kappa shape index (κ1) is 21.3. The van der Waals surface area contributed by atoms with E-state index in [2.05, 4.69) is 36.2 Å². The number of hydrogen-bond donors (Lipinski definition) is 1. The molecule has 174 valence electrons. The molecule has 1 N–H and O–H groups in total. The second-order valence-electron chi connectivity index (χ2n) is 8.77. The topological polar surface area (TPSA) is 50.8 Å². The number of ether oxygens (including phenoxy) is 2. The number of carbonyl (C=O) groups is 1. The lowest BCUT2D eigenvalue weighted by atomic mass is 9.77. The summed E-state index contributed by atoms with van der Waals surface area (Å²) in [5, 5.41) is 3.46. The van der Waals surface area contributed by atoms with Gasteiger partial charge in [0.1, 0.15) is 11.5 Å². The molecule has 2 heterocycles. The third-order valence-corrected chi connectivity index (χ3v) is 6.89. The summed E-state index contributed by atoms with van der Waals surface area (Å²) < 4.78 is 12.8. The van der Waals surface area contributed by atoms with Crippen molar-refractivity contribution >= 4 is 23.0 Å². The molecule has 0 saturated carbocycles. The van der Waals surface area contributed by atoms with Gasteiger partial charge in [-0.1, -0.05) is 36.4 Å². The first-order valence-corrected chi connectivity index (χ1v) is 12.0. The molecule has 0 aliphatic carbocycles. The SMILES string of the molecule is CCN(CC)c1ccc2c(c1)Oc1ccc(Nc3ccccc3)cc1[C@]21OC(=O)c2ccccc21. The van der Waals surface area contributed by atoms with Gasteiger partial charge >= 0.3 is 5.97 Å². The molecule has 0 aromatic heterocycles. The highest BCUT2D eigenvalue weighted by molar-refractivity contribution is 5.97. The van der Waals surface area contributed by atoms with E-state index in [9.17, 15) is 4.79 Å². The van der Waals surface area contributed by atoms with Gasteiger partial charge in [-0.15, -0.1) is 0 Å². The summed E-state index contributed by atoms with van der Waals surface area (Å²) in [6.45, 7) is 6.06. The van der Waals surface area contributed by atoms with Crippen molar-refractivity contribution in [1.82, 2.24) is 0 Å². The number of esters is 1. The maximum absolute atomic E-state index is 13.1. The van der Waals surface area contributed by atoms with Crippen LogP contribution in [-0.2, 0) is 10.3 Å². The molecule has 0 amide bonds. The van der Waals surface area contributed by atoms with Gasteiger partial charge in [0.05, 0.1) is 5.56 Å². The number of benzene rings is 4. The van der Waals surface area contributed by atoms with Crippen LogP contribution in [-0.4, -0.2) is 19.1 Å². The lowest BCUT2D eigenvalue weighted by Gasteiger charge is -2.37. The van der Waals surface area contributed by atoms with E-state index >= 15 is 0 Å². The van der Waals surface area contributed by atoms with E-state index in [1.807, 2.05) is 78.9 Å². The van der Waals surface area contributed by atoms with Gasteiger partial charge < -0.3 is 19.7 Å². The molecule has 0 bridgehead atoms. The molecule has 6 rings (SSSR count). The number of nitrogens with one attached hydrogen (secondary N) is 1. The van der Waals surface area contributed by atoms with Crippen LogP contribution in [0, 0.1) is 0 Å². The Morgan fingerprint density at radius 3 is 2.31 bits per heavy atom. The first-order chi connectivity index (χ1) is 17.1. The van der Waals surface area contributed by atoms with Crippen LogP contribution >= 0.6 is 0 Å². The molecule has 2 aliphatic heterocycles. The maximum atomic E-state index is 13.1. The highest BCUT2D eigenvalue weighted by Gasteiger charge is 2.53. The summed E-state index contributed by atoms with van der Waals surface area (Å²) in [5.74, 6) is 1.06. The Labute approximate surface area is 204 Å². The number of rotatable bonds is 5. The molecule has 5 nitrogen and oxygen atoms in total. The molecule has 0 fully saturated rings. The molecule has 4 aromatic rings. The van der Waals surface area contributed by atoms with E-state index < -0.39 is 5.60 Å². The van der Waals surface area contributed by atoms with Crippen LogP contribution in [0.3, 0.4) is 0 Å². The standard InChI is InChI=1S/C30H26N2O3/c1-3-32(4-2)22-15-16-25-28(19-22)34-27-17-14-21(31-20-10-6-5-7-11-20)18-26(27)30(25)24-13-9-8-12-23(24)29(33)35-30/h5-19,31H,3-4H2,1-2H3/t30-/m1/s1. The lowest BCUT2D eigenvalue weighted by Crippen LogP contribution is -2.33. The highest BCUT2D eigenvalue weighted by atomic mass is 16.6. The second-order valence-corrected chi connectivity index (χ2v) is 8.77. The van der Waals surface area contributed by atoms with Crippen LogP contribution in [0.25, 0.3) is 0 Å². The fourth-order valence-corrected chi connectivity index (χ4v) is 5.21. The van der Waals surface area contributed by atoms with Gasteiger partial charge in [-0.2, -0.15) is 0 Å². The van der Waals surface area contributed by atoms with Crippen molar-refractivity contribution in [2.75, 3.05) is 23.3 Å². The fourth-order valence-electron chi connectivity index (χ4n) is 5.21. The zero-order valence-corrected chi connectivity index (χ0v) is 19.7. The predicted molar refractivity (Wildman–Crippen MR) is 138 cm³/mol. The summed E-state index contributed by atoms with van der Waals surface area (Å²) in [6, 6.07) is 29.8. The predicted octanol–water partition coefficient (Wildman–Crippen LogP) is 6.84. The average molecular weight is 463 g/mol. The zero-order chi connectivity index (χ0) is 24.0. The van der Waals surface area contributed by atoms with Crippen LogP contribution in [0.4, 0.5) is 17.1 Å². The van der Waals surface area contributed by atoms with Crippen LogP contribution in [0.1, 0.15) is 40.9 Å². The smallest absolute Gasteiger partial charge is 0.340 e. The molecule has 5 heteroatoms. The number of nitrogens with zero attached hydrogens (tertiary/aromatic N) is 1. The minimum absolute atomic E-state index is 0.325. The van der Waals surface area contributed by atoms with Crippen LogP contribution in [0.5, 0.6) is 11.5 Å². The second kappa shape index (κ2) is 8.20. The molecule has 2 aliphatic rings. The van der Waals surface area contributed by atoms with Gasteiger partial charge in [-0.05, 0) is 62.4 Å². The van der Waals surface area contributed by atoms with Crippen molar-refractivity contribution < 1.29 is 14.3 Å². The Bertz CT molecular complexity index is 1430. The van der Waals surface area contributed by atoms with Crippen molar-refractivity contribution in [2.45, 2.75) is 19.4 Å². The molecule has 0 radical (unpaired) electrons. The van der Waals surface area contributed by atoms with Gasteiger partial charge in [-0.3, -0.25) is 0 Å². The van der Waals surface area contributed by atoms with Crippen molar-refractivity contribution in [2.24, 2.45) is 0 Å². The Kier molecular flexibility index (Phi) is 4.99. The van der Waals surface area contributed by atoms with Crippen molar-refractivity contribution in [1.29, 1.82) is 0 Å². The molecule has 1 atom stereocenters. The van der Waals surface area contributed by atoms with Crippen molar-refractivity contribution in [3.63, 3.8) is 0 Å². The number of anilines is 3. The van der Waals surface area contributed by atoms with E-state index in [0.29, 0.717) is 17.1 Å². The fraction of sp³-hybridized carbons (Fsp3) is 0.167. The minimum Gasteiger partial charge on any atom is -0.456 e. The van der Waals surface area contributed by atoms with Crippen LogP contribution in [0.15, 0.2) is 91.0 Å². The number of carbonyl (C=O) groups excluding carboxylic acids is 1. The zero-order valence-electron chi connectivity index (χ0n) is 19.7. The molecular weight excluding hydrogens is 436 g/mol. The molecule has 4 aromatic carbocycles. The van der Waals surface area contributed by atoms with Crippen LogP contribution < -0.4 is 15.0 Å². The minimum atomic E-state index is -1.08. The van der Waals surface area contributed by atoms with Gasteiger partial charge in [0.15, 0.2) is 5.60 Å². The Morgan fingerprint density at radius 1 is 0.743 bits per heavy atom. The summed E-state index contributed by atoms with van der Waals surface area (Å²) in [4.78, 5) is 15.4. The Morgan fingerprint density at radius 2 is 1.51 bits per heavy atom. The average Bonchev–Trinajstić information content (AvgIpc) is 3.19. The third kappa shape index (κ3) is 3.27. The lowest BCUT2D eigenvalue weighted by molar-refractivity contribution is 0.0224. The van der Waals surface area contributed by atoms with Crippen molar-refractivity contribution in [3.05, 3.63) is 113 Å². The molecular formula is C30H26N2O3. The first-order valence-electron chi connectivity index (χ1n) is 12.0. The number of fused-ring (bicyclic) bond motifs is 6. The van der Waals surface area contributed by atoms with Crippen LogP contribution in [0.2, 0.25) is 0 Å². The Balaban J connectivity index is 1.56. The van der Waals surface area contributed by atoms with Gasteiger partial charge in [0.25, 0.3) is 0 Å². The maximum Gasteiger partial charge on any atom is 0.340 e.